The van der Waals surface area contributed by atoms with Crippen LogP contribution < -0.4 is 11.1 Å². The van der Waals surface area contributed by atoms with Gasteiger partial charge in [-0.1, -0.05) is 13.0 Å². The van der Waals surface area contributed by atoms with Gasteiger partial charge in [0.2, 0.25) is 0 Å². The first-order valence-corrected chi connectivity index (χ1v) is 4.52. The van der Waals surface area contributed by atoms with Gasteiger partial charge in [-0.15, -0.1) is 0 Å². The summed E-state index contributed by atoms with van der Waals surface area (Å²) in [6, 6.07) is 4.86. The number of nitrogen functional groups attached to an aromatic ring is 1. The summed E-state index contributed by atoms with van der Waals surface area (Å²) in [6.45, 7) is 2.72. The fourth-order valence-electron chi connectivity index (χ4n) is 1.20. The lowest BCUT2D eigenvalue weighted by molar-refractivity contribution is 0.0698. The molecular formula is C10H14N2O2. The van der Waals surface area contributed by atoms with Crippen LogP contribution in [0.25, 0.3) is 0 Å². The molecule has 1 aromatic carbocycles. The van der Waals surface area contributed by atoms with Crippen LogP contribution in [0.2, 0.25) is 0 Å². The molecule has 0 fully saturated rings. The number of para-hydroxylation sites is 1. The Bertz CT molecular complexity index is 337. The van der Waals surface area contributed by atoms with E-state index in [2.05, 4.69) is 5.32 Å². The molecule has 0 radical (unpaired) electrons. The molecule has 0 spiro atoms. The summed E-state index contributed by atoms with van der Waals surface area (Å²) in [7, 11) is 0. The van der Waals surface area contributed by atoms with Crippen molar-refractivity contribution < 1.29 is 9.90 Å². The van der Waals surface area contributed by atoms with Crippen molar-refractivity contribution in [1.29, 1.82) is 0 Å². The van der Waals surface area contributed by atoms with Gasteiger partial charge in [-0.25, -0.2) is 4.79 Å². The molecule has 0 saturated heterocycles. The van der Waals surface area contributed by atoms with Gasteiger partial charge >= 0.3 is 5.97 Å². The van der Waals surface area contributed by atoms with Gasteiger partial charge in [0, 0.05) is 6.54 Å². The Morgan fingerprint density at radius 2 is 2.29 bits per heavy atom. The molecule has 4 nitrogen and oxygen atoms in total. The SMILES string of the molecule is CCCNc1c(N)cccc1C(=O)O. The van der Waals surface area contributed by atoms with Crippen LogP contribution in [-0.2, 0) is 0 Å². The third kappa shape index (κ3) is 2.16. The van der Waals surface area contributed by atoms with Crippen molar-refractivity contribution in [3.05, 3.63) is 23.8 Å². The van der Waals surface area contributed by atoms with Crippen LogP contribution in [0.4, 0.5) is 11.4 Å². The molecule has 14 heavy (non-hydrogen) atoms. The number of hydrogen-bond donors (Lipinski definition) is 3. The van der Waals surface area contributed by atoms with Crippen molar-refractivity contribution in [3.63, 3.8) is 0 Å². The summed E-state index contributed by atoms with van der Waals surface area (Å²) in [5.41, 5.74) is 6.88. The largest absolute Gasteiger partial charge is 0.478 e. The van der Waals surface area contributed by atoms with Crippen molar-refractivity contribution in [2.45, 2.75) is 13.3 Å². The molecule has 1 rings (SSSR count). The van der Waals surface area contributed by atoms with Crippen LogP contribution in [0, 0.1) is 0 Å². The minimum absolute atomic E-state index is 0.221. The first-order chi connectivity index (χ1) is 6.66. The summed E-state index contributed by atoms with van der Waals surface area (Å²) in [5.74, 6) is -0.962. The molecule has 0 unspecified atom stereocenters. The van der Waals surface area contributed by atoms with Crippen LogP contribution in [0.1, 0.15) is 23.7 Å². The van der Waals surface area contributed by atoms with Crippen LogP contribution >= 0.6 is 0 Å². The third-order valence-corrected chi connectivity index (χ3v) is 1.88. The molecular weight excluding hydrogens is 180 g/mol. The lowest BCUT2D eigenvalue weighted by Gasteiger charge is -2.10. The smallest absolute Gasteiger partial charge is 0.337 e. The van der Waals surface area contributed by atoms with E-state index in [0.29, 0.717) is 17.9 Å². The summed E-state index contributed by atoms with van der Waals surface area (Å²) >= 11 is 0. The van der Waals surface area contributed by atoms with Gasteiger partial charge in [0.05, 0.1) is 16.9 Å². The fourth-order valence-corrected chi connectivity index (χ4v) is 1.20. The summed E-state index contributed by atoms with van der Waals surface area (Å²) < 4.78 is 0. The van der Waals surface area contributed by atoms with E-state index in [1.54, 1.807) is 12.1 Å². The number of carbonyl (C=O) groups is 1. The van der Waals surface area contributed by atoms with Crippen molar-refractivity contribution in [2.24, 2.45) is 0 Å². The highest BCUT2D eigenvalue weighted by molar-refractivity contribution is 5.97. The predicted octanol–water partition coefficient (Wildman–Crippen LogP) is 1.79. The number of nitrogens with two attached hydrogens (primary N) is 1. The normalized spacial score (nSPS) is 9.79. The Labute approximate surface area is 82.7 Å². The summed E-state index contributed by atoms with van der Waals surface area (Å²) in [6.07, 6.45) is 0.924. The standard InChI is InChI=1S/C10H14N2O2/c1-2-6-12-9-7(10(13)14)4-3-5-8(9)11/h3-5,12H,2,6,11H2,1H3,(H,13,14). The zero-order valence-electron chi connectivity index (χ0n) is 8.08. The van der Waals surface area contributed by atoms with E-state index in [4.69, 9.17) is 10.8 Å². The number of carboxylic acid groups (broad SMARTS) is 1. The number of benzene rings is 1. The Morgan fingerprint density at radius 1 is 1.57 bits per heavy atom. The molecule has 0 aliphatic rings. The van der Waals surface area contributed by atoms with Gasteiger partial charge in [-0.3, -0.25) is 0 Å². The maximum atomic E-state index is 10.8. The Kier molecular flexibility index (Phi) is 3.34. The number of carboxylic acids is 1. The van der Waals surface area contributed by atoms with Crippen LogP contribution in [0.5, 0.6) is 0 Å². The maximum absolute atomic E-state index is 10.8. The highest BCUT2D eigenvalue weighted by Crippen LogP contribution is 2.23. The molecule has 1 aromatic rings. The number of rotatable bonds is 4. The Hall–Kier alpha value is -1.71. The van der Waals surface area contributed by atoms with Gasteiger partial charge in [0.15, 0.2) is 0 Å². The lowest BCUT2D eigenvalue weighted by Crippen LogP contribution is -2.09. The molecule has 0 saturated carbocycles. The Balaban J connectivity index is 3.02. The van der Waals surface area contributed by atoms with Crippen molar-refractivity contribution in [3.8, 4) is 0 Å². The highest BCUT2D eigenvalue weighted by atomic mass is 16.4. The number of nitrogens with one attached hydrogen (secondary N) is 1. The van der Waals surface area contributed by atoms with E-state index in [1.807, 2.05) is 6.92 Å². The van der Waals surface area contributed by atoms with Gasteiger partial charge in [0.1, 0.15) is 0 Å². The molecule has 0 heterocycles. The van der Waals surface area contributed by atoms with Crippen molar-refractivity contribution >= 4 is 17.3 Å². The van der Waals surface area contributed by atoms with Crippen LogP contribution in [0.15, 0.2) is 18.2 Å². The second kappa shape index (κ2) is 4.50. The zero-order chi connectivity index (χ0) is 10.6. The first kappa shape index (κ1) is 10.4. The van der Waals surface area contributed by atoms with Crippen molar-refractivity contribution in [2.75, 3.05) is 17.6 Å². The van der Waals surface area contributed by atoms with E-state index in [1.165, 1.54) is 6.07 Å². The minimum atomic E-state index is -0.962. The van der Waals surface area contributed by atoms with Crippen LogP contribution in [0.3, 0.4) is 0 Å². The van der Waals surface area contributed by atoms with Crippen LogP contribution in [-0.4, -0.2) is 17.6 Å². The highest BCUT2D eigenvalue weighted by Gasteiger charge is 2.11. The lowest BCUT2D eigenvalue weighted by atomic mass is 10.1. The zero-order valence-corrected chi connectivity index (χ0v) is 8.08. The maximum Gasteiger partial charge on any atom is 0.337 e. The predicted molar refractivity (Wildman–Crippen MR) is 56.6 cm³/mol. The van der Waals surface area contributed by atoms with E-state index in [-0.39, 0.29) is 5.56 Å². The molecule has 0 aliphatic carbocycles. The molecule has 0 bridgehead atoms. The third-order valence-electron chi connectivity index (χ3n) is 1.88. The number of aromatic carboxylic acids is 1. The molecule has 0 aromatic heterocycles. The number of anilines is 2. The van der Waals surface area contributed by atoms with Gasteiger partial charge in [0.25, 0.3) is 0 Å². The average molecular weight is 194 g/mol. The summed E-state index contributed by atoms with van der Waals surface area (Å²) in [4.78, 5) is 10.8. The molecule has 4 heteroatoms. The number of hydrogen-bond acceptors (Lipinski definition) is 3. The Morgan fingerprint density at radius 3 is 2.86 bits per heavy atom. The van der Waals surface area contributed by atoms with Gasteiger partial charge in [-0.05, 0) is 18.6 Å². The first-order valence-electron chi connectivity index (χ1n) is 4.52. The molecule has 4 N–H and O–H groups in total. The van der Waals surface area contributed by atoms with Gasteiger partial charge in [-0.2, -0.15) is 0 Å². The summed E-state index contributed by atoms with van der Waals surface area (Å²) in [5, 5.41) is 11.9. The molecule has 0 amide bonds. The monoisotopic (exact) mass is 194 g/mol. The molecule has 76 valence electrons. The molecule has 0 atom stereocenters. The van der Waals surface area contributed by atoms with E-state index >= 15 is 0 Å². The quantitative estimate of drug-likeness (QED) is 0.639. The average Bonchev–Trinajstić information content (AvgIpc) is 2.15. The minimum Gasteiger partial charge on any atom is -0.478 e. The second-order valence-electron chi connectivity index (χ2n) is 3.00. The van der Waals surface area contributed by atoms with Crippen molar-refractivity contribution in [1.82, 2.24) is 0 Å². The van der Waals surface area contributed by atoms with E-state index in [9.17, 15) is 4.79 Å². The molecule has 0 aliphatic heterocycles. The van der Waals surface area contributed by atoms with Gasteiger partial charge < -0.3 is 16.2 Å². The topological polar surface area (TPSA) is 75.3 Å². The van der Waals surface area contributed by atoms with E-state index < -0.39 is 5.97 Å². The van der Waals surface area contributed by atoms with E-state index in [0.717, 1.165) is 6.42 Å². The fraction of sp³-hybridized carbons (Fsp3) is 0.300. The second-order valence-corrected chi connectivity index (χ2v) is 3.00.